The molecule has 170 valence electrons. The van der Waals surface area contributed by atoms with Crippen LogP contribution in [0.25, 0.3) is 11.1 Å². The Morgan fingerprint density at radius 1 is 1.00 bits per heavy atom. The molecule has 1 fully saturated rings. The van der Waals surface area contributed by atoms with Gasteiger partial charge in [0.05, 0.1) is 11.3 Å². The highest BCUT2D eigenvalue weighted by Crippen LogP contribution is 2.30. The summed E-state index contributed by atoms with van der Waals surface area (Å²) < 4.78 is 0. The lowest BCUT2D eigenvalue weighted by Crippen LogP contribution is -2.31. The normalized spacial score (nSPS) is 15.5. The van der Waals surface area contributed by atoms with Gasteiger partial charge in [0, 0.05) is 43.9 Å². The number of aromatic nitrogens is 2. The molecule has 1 aromatic heterocycles. The quantitative estimate of drug-likeness (QED) is 0.561. The molecule has 0 aliphatic carbocycles. The number of carbonyl (C=O) groups is 2. The molecule has 1 aliphatic heterocycles. The van der Waals surface area contributed by atoms with Gasteiger partial charge in [-0.15, -0.1) is 0 Å². The zero-order valence-corrected chi connectivity index (χ0v) is 19.5. The minimum absolute atomic E-state index is 0.0296. The average Bonchev–Trinajstić information content (AvgIpc) is 3.35. The summed E-state index contributed by atoms with van der Waals surface area (Å²) in [6, 6.07) is 17.7. The van der Waals surface area contributed by atoms with Gasteiger partial charge in [0.25, 0.3) is 11.8 Å². The number of likely N-dealkylation sites (tertiary alicyclic amines) is 1. The maximum Gasteiger partial charge on any atom is 0.257 e. The van der Waals surface area contributed by atoms with Gasteiger partial charge in [-0.1, -0.05) is 48.5 Å². The van der Waals surface area contributed by atoms with Crippen LogP contribution in [0.15, 0.2) is 60.8 Å². The molecule has 6 heteroatoms. The molecule has 6 nitrogen and oxygen atoms in total. The van der Waals surface area contributed by atoms with Crippen LogP contribution >= 0.6 is 0 Å². The molecule has 0 bridgehead atoms. The SMILES string of the molecule is CCN(CC)C(=O)c1cnc([C@@H]2CCN(C(=O)c3ccccc3-c3ccccc3)C2)nc1C. The first kappa shape index (κ1) is 22.6. The number of rotatable bonds is 6. The van der Waals surface area contributed by atoms with Crippen molar-refractivity contribution in [1.82, 2.24) is 19.8 Å². The molecule has 2 aromatic carbocycles. The molecule has 0 N–H and O–H groups in total. The number of hydrogen-bond acceptors (Lipinski definition) is 4. The Bertz CT molecular complexity index is 1140. The van der Waals surface area contributed by atoms with Crippen molar-refractivity contribution in [3.8, 4) is 11.1 Å². The smallest absolute Gasteiger partial charge is 0.257 e. The zero-order valence-electron chi connectivity index (χ0n) is 19.5. The molecule has 2 amide bonds. The number of aryl methyl sites for hydroxylation is 1. The van der Waals surface area contributed by atoms with Crippen LogP contribution in [-0.2, 0) is 0 Å². The van der Waals surface area contributed by atoms with E-state index in [2.05, 4.69) is 9.97 Å². The largest absolute Gasteiger partial charge is 0.339 e. The summed E-state index contributed by atoms with van der Waals surface area (Å²) in [5.74, 6) is 0.760. The van der Waals surface area contributed by atoms with E-state index >= 15 is 0 Å². The van der Waals surface area contributed by atoms with Gasteiger partial charge >= 0.3 is 0 Å². The summed E-state index contributed by atoms with van der Waals surface area (Å²) in [4.78, 5) is 39.0. The fourth-order valence-corrected chi connectivity index (χ4v) is 4.44. The van der Waals surface area contributed by atoms with Gasteiger partial charge in [-0.2, -0.15) is 0 Å². The summed E-state index contributed by atoms with van der Waals surface area (Å²) in [6.07, 6.45) is 2.45. The van der Waals surface area contributed by atoms with Gasteiger partial charge < -0.3 is 9.80 Å². The summed E-state index contributed by atoms with van der Waals surface area (Å²) in [7, 11) is 0. The second kappa shape index (κ2) is 9.94. The Labute approximate surface area is 195 Å². The molecule has 1 aliphatic rings. The predicted molar refractivity (Wildman–Crippen MR) is 129 cm³/mol. The highest BCUT2D eigenvalue weighted by Gasteiger charge is 2.31. The van der Waals surface area contributed by atoms with E-state index in [1.54, 1.807) is 11.1 Å². The maximum absolute atomic E-state index is 13.4. The van der Waals surface area contributed by atoms with Crippen molar-refractivity contribution in [2.75, 3.05) is 26.2 Å². The van der Waals surface area contributed by atoms with E-state index in [-0.39, 0.29) is 17.7 Å². The van der Waals surface area contributed by atoms with E-state index in [0.717, 1.165) is 17.5 Å². The fourth-order valence-electron chi connectivity index (χ4n) is 4.44. The molecule has 3 aromatic rings. The Balaban J connectivity index is 1.51. The van der Waals surface area contributed by atoms with Crippen LogP contribution in [0.2, 0.25) is 0 Å². The highest BCUT2D eigenvalue weighted by atomic mass is 16.2. The van der Waals surface area contributed by atoms with E-state index in [9.17, 15) is 9.59 Å². The lowest BCUT2D eigenvalue weighted by atomic mass is 9.99. The van der Waals surface area contributed by atoms with E-state index in [0.29, 0.717) is 48.8 Å². The van der Waals surface area contributed by atoms with Crippen LogP contribution in [0.3, 0.4) is 0 Å². The fraction of sp³-hybridized carbons (Fsp3) is 0.333. The minimum Gasteiger partial charge on any atom is -0.339 e. The Morgan fingerprint density at radius 3 is 2.39 bits per heavy atom. The number of hydrogen-bond donors (Lipinski definition) is 0. The van der Waals surface area contributed by atoms with Crippen LogP contribution in [0.1, 0.15) is 58.4 Å². The number of amides is 2. The topological polar surface area (TPSA) is 66.4 Å². The third kappa shape index (κ3) is 4.65. The number of carbonyl (C=O) groups excluding carboxylic acids is 2. The first-order valence-corrected chi connectivity index (χ1v) is 11.6. The first-order chi connectivity index (χ1) is 16.0. The minimum atomic E-state index is -0.0372. The molecular formula is C27H30N4O2. The van der Waals surface area contributed by atoms with Gasteiger partial charge in [0.2, 0.25) is 0 Å². The van der Waals surface area contributed by atoms with Crippen LogP contribution < -0.4 is 0 Å². The van der Waals surface area contributed by atoms with Crippen molar-refractivity contribution in [1.29, 1.82) is 0 Å². The van der Waals surface area contributed by atoms with Crippen LogP contribution in [-0.4, -0.2) is 57.8 Å². The molecule has 0 unspecified atom stereocenters. The Morgan fingerprint density at radius 2 is 1.70 bits per heavy atom. The van der Waals surface area contributed by atoms with Gasteiger partial charge in [0.1, 0.15) is 5.82 Å². The summed E-state index contributed by atoms with van der Waals surface area (Å²) >= 11 is 0. The maximum atomic E-state index is 13.4. The monoisotopic (exact) mass is 442 g/mol. The van der Waals surface area contributed by atoms with Gasteiger partial charge in [-0.25, -0.2) is 9.97 Å². The molecule has 1 atom stereocenters. The Hall–Kier alpha value is -3.54. The first-order valence-electron chi connectivity index (χ1n) is 11.6. The van der Waals surface area contributed by atoms with Crippen molar-refractivity contribution in [3.63, 3.8) is 0 Å². The van der Waals surface area contributed by atoms with Crippen LogP contribution in [0, 0.1) is 6.92 Å². The van der Waals surface area contributed by atoms with Gasteiger partial charge in [-0.05, 0) is 44.4 Å². The summed E-state index contributed by atoms with van der Waals surface area (Å²) in [6.45, 7) is 8.33. The molecule has 0 spiro atoms. The second-order valence-corrected chi connectivity index (χ2v) is 8.35. The molecule has 2 heterocycles. The van der Waals surface area contributed by atoms with E-state index in [4.69, 9.17) is 0 Å². The van der Waals surface area contributed by atoms with Crippen molar-refractivity contribution in [3.05, 3.63) is 83.4 Å². The molecular weight excluding hydrogens is 412 g/mol. The molecule has 1 saturated heterocycles. The standard InChI is InChI=1S/C27H30N4O2/c1-4-30(5-2)27(33)24-17-28-25(29-19(24)3)21-15-16-31(18-21)26(32)23-14-10-9-13-22(23)20-11-7-6-8-12-20/h6-14,17,21H,4-5,15-16,18H2,1-3H3/t21-/m1/s1. The van der Waals surface area contributed by atoms with Crippen molar-refractivity contribution in [2.24, 2.45) is 0 Å². The third-order valence-electron chi connectivity index (χ3n) is 6.36. The van der Waals surface area contributed by atoms with E-state index in [1.807, 2.05) is 80.3 Å². The van der Waals surface area contributed by atoms with Crippen LogP contribution in [0.4, 0.5) is 0 Å². The molecule has 33 heavy (non-hydrogen) atoms. The highest BCUT2D eigenvalue weighted by molar-refractivity contribution is 6.01. The number of nitrogens with zero attached hydrogens (tertiary/aromatic N) is 4. The summed E-state index contributed by atoms with van der Waals surface area (Å²) in [5.41, 5.74) is 3.92. The summed E-state index contributed by atoms with van der Waals surface area (Å²) in [5, 5.41) is 0. The van der Waals surface area contributed by atoms with E-state index in [1.165, 1.54) is 0 Å². The lowest BCUT2D eigenvalue weighted by molar-refractivity contribution is 0.0769. The Kier molecular flexibility index (Phi) is 6.82. The van der Waals surface area contributed by atoms with Crippen LogP contribution in [0.5, 0.6) is 0 Å². The number of benzene rings is 2. The van der Waals surface area contributed by atoms with Gasteiger partial charge in [-0.3, -0.25) is 9.59 Å². The van der Waals surface area contributed by atoms with Crippen molar-refractivity contribution < 1.29 is 9.59 Å². The van der Waals surface area contributed by atoms with Gasteiger partial charge in [0.15, 0.2) is 0 Å². The zero-order chi connectivity index (χ0) is 23.4. The van der Waals surface area contributed by atoms with E-state index < -0.39 is 0 Å². The molecule has 0 saturated carbocycles. The lowest BCUT2D eigenvalue weighted by Gasteiger charge is -2.20. The third-order valence-corrected chi connectivity index (χ3v) is 6.36. The molecule has 0 radical (unpaired) electrons. The van der Waals surface area contributed by atoms with Crippen molar-refractivity contribution >= 4 is 11.8 Å². The average molecular weight is 443 g/mol. The molecule has 4 rings (SSSR count). The van der Waals surface area contributed by atoms with Crippen molar-refractivity contribution in [2.45, 2.75) is 33.1 Å². The second-order valence-electron chi connectivity index (χ2n) is 8.35. The predicted octanol–water partition coefficient (Wildman–Crippen LogP) is 4.56.